The van der Waals surface area contributed by atoms with Gasteiger partial charge in [0.25, 0.3) is 0 Å². The van der Waals surface area contributed by atoms with Gasteiger partial charge in [0.2, 0.25) is 0 Å². The van der Waals surface area contributed by atoms with Crippen molar-refractivity contribution in [2.24, 2.45) is 0 Å². The fraction of sp³-hybridized carbons (Fsp3) is 0.333. The molecule has 0 radical (unpaired) electrons. The van der Waals surface area contributed by atoms with Crippen LogP contribution in [0.2, 0.25) is 0 Å². The predicted octanol–water partition coefficient (Wildman–Crippen LogP) is 3.54. The smallest absolute Gasteiger partial charge is 0.0369 e. The highest BCUT2D eigenvalue weighted by atomic mass is 14.9. The number of rotatable bonds is 2. The zero-order chi connectivity index (χ0) is 10.3. The number of aryl methyl sites for hydroxylation is 2. The van der Waals surface area contributed by atoms with Gasteiger partial charge in [-0.3, -0.25) is 0 Å². The first-order chi connectivity index (χ1) is 6.24. The van der Waals surface area contributed by atoms with Crippen molar-refractivity contribution in [3.8, 4) is 0 Å². The summed E-state index contributed by atoms with van der Waals surface area (Å²) in [4.78, 5) is 0. The minimum Gasteiger partial charge on any atom is -0.385 e. The fourth-order valence-electron chi connectivity index (χ4n) is 1.20. The molecule has 0 aliphatic rings. The molecule has 1 nitrogen and oxygen atoms in total. The molecule has 0 bridgehead atoms. The average Bonchev–Trinajstić information content (AvgIpc) is 2.14. The Balaban J connectivity index is 0.000000671. The molecule has 1 aromatic carbocycles. The zero-order valence-corrected chi connectivity index (χ0v) is 8.85. The van der Waals surface area contributed by atoms with Gasteiger partial charge in [-0.15, -0.1) is 13.2 Å². The van der Waals surface area contributed by atoms with E-state index in [-0.39, 0.29) is 0 Å². The summed E-state index contributed by atoms with van der Waals surface area (Å²) in [7, 11) is 0. The molecule has 0 unspecified atom stereocenters. The van der Waals surface area contributed by atoms with Crippen LogP contribution in [0, 0.1) is 13.8 Å². The van der Waals surface area contributed by atoms with Crippen LogP contribution in [-0.4, -0.2) is 6.54 Å². The number of hydrogen-bond acceptors (Lipinski definition) is 1. The molecule has 0 saturated carbocycles. The summed E-state index contributed by atoms with van der Waals surface area (Å²) in [6.45, 7) is 13.3. The van der Waals surface area contributed by atoms with Crippen molar-refractivity contribution in [2.75, 3.05) is 11.9 Å². The van der Waals surface area contributed by atoms with E-state index in [0.717, 1.165) is 6.54 Å². The molecule has 0 spiro atoms. The zero-order valence-electron chi connectivity index (χ0n) is 8.85. The number of hydrogen-bond donors (Lipinski definition) is 1. The molecule has 13 heavy (non-hydrogen) atoms. The topological polar surface area (TPSA) is 12.0 Å². The van der Waals surface area contributed by atoms with Crippen molar-refractivity contribution in [2.45, 2.75) is 20.8 Å². The quantitative estimate of drug-likeness (QED) is 0.681. The molecule has 0 atom stereocenters. The lowest BCUT2D eigenvalue weighted by molar-refractivity contribution is 1.19. The molecule has 0 amide bonds. The lowest BCUT2D eigenvalue weighted by Crippen LogP contribution is -1.98. The summed E-state index contributed by atoms with van der Waals surface area (Å²) in [5.74, 6) is 0. The molecule has 0 aliphatic carbocycles. The Hall–Kier alpha value is -1.24. The number of anilines is 1. The highest BCUT2D eigenvalue weighted by Crippen LogP contribution is 2.15. The number of benzene rings is 1. The average molecular weight is 177 g/mol. The van der Waals surface area contributed by atoms with Gasteiger partial charge in [-0.1, -0.05) is 17.7 Å². The van der Waals surface area contributed by atoms with Crippen LogP contribution in [0.4, 0.5) is 5.69 Å². The monoisotopic (exact) mass is 177 g/mol. The van der Waals surface area contributed by atoms with Gasteiger partial charge in [0, 0.05) is 12.2 Å². The van der Waals surface area contributed by atoms with Gasteiger partial charge in [-0.25, -0.2) is 0 Å². The van der Waals surface area contributed by atoms with Crippen LogP contribution in [0.1, 0.15) is 18.1 Å². The first kappa shape index (κ1) is 11.8. The second kappa shape index (κ2) is 6.30. The lowest BCUT2D eigenvalue weighted by Gasteiger charge is -2.07. The Morgan fingerprint density at radius 2 is 1.85 bits per heavy atom. The van der Waals surface area contributed by atoms with Crippen molar-refractivity contribution in [3.05, 3.63) is 42.5 Å². The molecule has 1 N–H and O–H groups in total. The second-order valence-corrected chi connectivity index (χ2v) is 2.85. The van der Waals surface area contributed by atoms with Crippen LogP contribution >= 0.6 is 0 Å². The summed E-state index contributed by atoms with van der Waals surface area (Å²) >= 11 is 0. The molecular weight excluding hydrogens is 158 g/mol. The normalized spacial score (nSPS) is 8.54. The Bertz CT molecular complexity index is 253. The van der Waals surface area contributed by atoms with Gasteiger partial charge in [0.05, 0.1) is 0 Å². The van der Waals surface area contributed by atoms with Crippen LogP contribution in [0.15, 0.2) is 31.4 Å². The number of nitrogens with one attached hydrogen (secondary N) is 1. The van der Waals surface area contributed by atoms with Crippen LogP contribution in [0.5, 0.6) is 0 Å². The maximum absolute atomic E-state index is 3.30. The van der Waals surface area contributed by atoms with E-state index in [2.05, 4.69) is 57.4 Å². The first-order valence-electron chi connectivity index (χ1n) is 4.55. The van der Waals surface area contributed by atoms with Crippen LogP contribution in [0.3, 0.4) is 0 Å². The maximum Gasteiger partial charge on any atom is 0.0369 e. The summed E-state index contributed by atoms with van der Waals surface area (Å²) in [5.41, 5.74) is 3.90. The van der Waals surface area contributed by atoms with E-state index in [0.29, 0.717) is 0 Å². The molecule has 72 valence electrons. The first-order valence-corrected chi connectivity index (χ1v) is 4.55. The third-order valence-electron chi connectivity index (χ3n) is 1.75. The van der Waals surface area contributed by atoms with Gasteiger partial charge in [-0.05, 0) is 32.4 Å². The van der Waals surface area contributed by atoms with Crippen molar-refractivity contribution >= 4 is 5.69 Å². The van der Waals surface area contributed by atoms with E-state index < -0.39 is 0 Å². The van der Waals surface area contributed by atoms with E-state index in [9.17, 15) is 0 Å². The van der Waals surface area contributed by atoms with Gasteiger partial charge >= 0.3 is 0 Å². The molecule has 0 heterocycles. The van der Waals surface area contributed by atoms with Crippen LogP contribution in [-0.2, 0) is 0 Å². The molecule has 1 rings (SSSR count). The second-order valence-electron chi connectivity index (χ2n) is 2.85. The summed E-state index contributed by atoms with van der Waals surface area (Å²) in [5, 5.41) is 3.30. The fourth-order valence-corrected chi connectivity index (χ4v) is 1.20. The molecule has 0 saturated heterocycles. The maximum atomic E-state index is 3.30. The molecule has 0 aromatic heterocycles. The molecule has 1 heteroatoms. The van der Waals surface area contributed by atoms with Crippen LogP contribution in [0.25, 0.3) is 0 Å². The minimum absolute atomic E-state index is 0.990. The summed E-state index contributed by atoms with van der Waals surface area (Å²) in [6, 6.07) is 6.46. The minimum atomic E-state index is 0.990. The van der Waals surface area contributed by atoms with Gasteiger partial charge in [-0.2, -0.15) is 0 Å². The van der Waals surface area contributed by atoms with Gasteiger partial charge in [0.15, 0.2) is 0 Å². The third-order valence-corrected chi connectivity index (χ3v) is 1.75. The highest BCUT2D eigenvalue weighted by molar-refractivity contribution is 5.51. The van der Waals surface area contributed by atoms with E-state index in [1.54, 1.807) is 0 Å². The molecule has 0 aliphatic heterocycles. The third kappa shape index (κ3) is 3.79. The standard InChI is InChI=1S/C10H15N.C2H4/c1-4-11-10-6-5-8(2)7-9(10)3;1-2/h5-7,11H,4H2,1-3H3;1-2H2. The molecule has 0 fully saturated rings. The van der Waals surface area contributed by atoms with Crippen molar-refractivity contribution in [1.82, 2.24) is 0 Å². The lowest BCUT2D eigenvalue weighted by atomic mass is 10.1. The van der Waals surface area contributed by atoms with E-state index in [1.807, 2.05) is 0 Å². The van der Waals surface area contributed by atoms with E-state index >= 15 is 0 Å². The SMILES string of the molecule is C=C.CCNc1ccc(C)cc1C. The Morgan fingerprint density at radius 1 is 1.23 bits per heavy atom. The van der Waals surface area contributed by atoms with Crippen LogP contribution < -0.4 is 5.32 Å². The van der Waals surface area contributed by atoms with Gasteiger partial charge < -0.3 is 5.32 Å². The summed E-state index contributed by atoms with van der Waals surface area (Å²) < 4.78 is 0. The van der Waals surface area contributed by atoms with Crippen molar-refractivity contribution in [1.29, 1.82) is 0 Å². The Morgan fingerprint density at radius 3 is 2.31 bits per heavy atom. The highest BCUT2D eigenvalue weighted by Gasteiger charge is 1.94. The predicted molar refractivity (Wildman–Crippen MR) is 61.3 cm³/mol. The Labute approximate surface area is 81.5 Å². The molecular formula is C12H19N. The Kier molecular flexibility index (Phi) is 5.69. The largest absolute Gasteiger partial charge is 0.385 e. The van der Waals surface area contributed by atoms with Crippen molar-refractivity contribution in [3.63, 3.8) is 0 Å². The summed E-state index contributed by atoms with van der Waals surface area (Å²) in [6.07, 6.45) is 0. The van der Waals surface area contributed by atoms with Crippen molar-refractivity contribution < 1.29 is 0 Å². The molecule has 1 aromatic rings. The van der Waals surface area contributed by atoms with Gasteiger partial charge in [0.1, 0.15) is 0 Å². The van der Waals surface area contributed by atoms with E-state index in [1.165, 1.54) is 16.8 Å². The van der Waals surface area contributed by atoms with E-state index in [4.69, 9.17) is 0 Å².